The van der Waals surface area contributed by atoms with E-state index in [2.05, 4.69) is 37.9 Å². The minimum Gasteiger partial charge on any atom is -0.312 e. The molecule has 0 aliphatic carbocycles. The van der Waals surface area contributed by atoms with Gasteiger partial charge < -0.3 is 5.32 Å². The molecule has 1 saturated heterocycles. The van der Waals surface area contributed by atoms with E-state index < -0.39 is 0 Å². The fraction of sp³-hybridized carbons (Fsp3) is 1.00. The molecule has 0 bridgehead atoms. The number of hydrogen-bond acceptors (Lipinski definition) is 2. The number of rotatable bonds is 7. The molecule has 1 aliphatic heterocycles. The maximum atomic E-state index is 3.71. The molecule has 2 nitrogen and oxygen atoms in total. The molecular formula is C15H32N2. The van der Waals surface area contributed by atoms with Gasteiger partial charge in [0, 0.05) is 18.6 Å². The van der Waals surface area contributed by atoms with Crippen molar-refractivity contribution in [2.45, 2.75) is 71.9 Å². The largest absolute Gasteiger partial charge is 0.312 e. The van der Waals surface area contributed by atoms with E-state index in [0.29, 0.717) is 0 Å². The molecule has 0 saturated carbocycles. The summed E-state index contributed by atoms with van der Waals surface area (Å²) in [5.41, 5.74) is 0. The highest BCUT2D eigenvalue weighted by atomic mass is 15.2. The first-order chi connectivity index (χ1) is 8.19. The van der Waals surface area contributed by atoms with Crippen LogP contribution in [0.1, 0.15) is 59.8 Å². The predicted molar refractivity (Wildman–Crippen MR) is 76.4 cm³/mol. The molecule has 1 rings (SSSR count). The van der Waals surface area contributed by atoms with Crippen molar-refractivity contribution in [2.24, 2.45) is 5.92 Å². The summed E-state index contributed by atoms with van der Waals surface area (Å²) >= 11 is 0. The maximum absolute atomic E-state index is 3.71. The lowest BCUT2D eigenvalue weighted by Gasteiger charge is -2.37. The summed E-state index contributed by atoms with van der Waals surface area (Å²) in [6, 6.07) is 1.45. The first kappa shape index (κ1) is 15.0. The maximum Gasteiger partial charge on any atom is 0.0220 e. The Morgan fingerprint density at radius 3 is 2.71 bits per heavy atom. The van der Waals surface area contributed by atoms with E-state index in [1.807, 2.05) is 0 Å². The van der Waals surface area contributed by atoms with Crippen LogP contribution in [0.25, 0.3) is 0 Å². The minimum atomic E-state index is 0.717. The lowest BCUT2D eigenvalue weighted by Crippen LogP contribution is -2.50. The molecule has 0 aromatic heterocycles. The van der Waals surface area contributed by atoms with Crippen LogP contribution in [0.5, 0.6) is 0 Å². The lowest BCUT2D eigenvalue weighted by atomic mass is 9.92. The Morgan fingerprint density at radius 1 is 1.35 bits per heavy atom. The summed E-state index contributed by atoms with van der Waals surface area (Å²) in [5, 5.41) is 3.71. The van der Waals surface area contributed by atoms with Crippen LogP contribution in [-0.4, -0.2) is 36.6 Å². The van der Waals surface area contributed by atoms with Gasteiger partial charge in [-0.05, 0) is 51.6 Å². The number of hydrogen-bond donors (Lipinski definition) is 1. The minimum absolute atomic E-state index is 0.717. The molecule has 3 unspecified atom stereocenters. The molecule has 0 aromatic carbocycles. The third-order valence-electron chi connectivity index (χ3n) is 4.37. The SMILES string of the molecule is CCCCN(CC1NCCCC1C)C(C)CC. The van der Waals surface area contributed by atoms with E-state index in [9.17, 15) is 0 Å². The third-order valence-corrected chi connectivity index (χ3v) is 4.37. The molecule has 1 fully saturated rings. The van der Waals surface area contributed by atoms with Crippen molar-refractivity contribution < 1.29 is 0 Å². The second-order valence-electron chi connectivity index (χ2n) is 5.79. The van der Waals surface area contributed by atoms with E-state index in [4.69, 9.17) is 0 Å². The van der Waals surface area contributed by atoms with Gasteiger partial charge in [0.1, 0.15) is 0 Å². The molecule has 1 heterocycles. The van der Waals surface area contributed by atoms with E-state index in [1.54, 1.807) is 0 Å². The van der Waals surface area contributed by atoms with Crippen molar-refractivity contribution >= 4 is 0 Å². The zero-order chi connectivity index (χ0) is 12.7. The van der Waals surface area contributed by atoms with Crippen LogP contribution in [0.3, 0.4) is 0 Å². The van der Waals surface area contributed by atoms with E-state index in [1.165, 1.54) is 51.7 Å². The Balaban J connectivity index is 2.45. The second kappa shape index (κ2) is 8.10. The Hall–Kier alpha value is -0.0800. The molecule has 102 valence electrons. The van der Waals surface area contributed by atoms with Gasteiger partial charge in [-0.25, -0.2) is 0 Å². The van der Waals surface area contributed by atoms with Crippen molar-refractivity contribution in [1.29, 1.82) is 0 Å². The average Bonchev–Trinajstić information content (AvgIpc) is 2.35. The number of unbranched alkanes of at least 4 members (excludes halogenated alkanes) is 1. The Bertz CT molecular complexity index is 193. The standard InChI is InChI=1S/C15H32N2/c1-5-7-11-17(14(4)6-2)12-15-13(3)9-8-10-16-15/h13-16H,5-12H2,1-4H3. The normalized spacial score (nSPS) is 27.4. The lowest BCUT2D eigenvalue weighted by molar-refractivity contribution is 0.148. The zero-order valence-corrected chi connectivity index (χ0v) is 12.3. The Labute approximate surface area is 108 Å². The van der Waals surface area contributed by atoms with Gasteiger partial charge in [-0.1, -0.05) is 27.2 Å². The molecule has 0 aromatic rings. The highest BCUT2D eigenvalue weighted by Gasteiger charge is 2.24. The average molecular weight is 240 g/mol. The number of nitrogens with zero attached hydrogens (tertiary/aromatic N) is 1. The fourth-order valence-corrected chi connectivity index (χ4v) is 2.72. The van der Waals surface area contributed by atoms with Gasteiger partial charge in [-0.15, -0.1) is 0 Å². The summed E-state index contributed by atoms with van der Waals surface area (Å²) in [6.45, 7) is 13.1. The van der Waals surface area contributed by atoms with Crippen molar-refractivity contribution in [3.8, 4) is 0 Å². The summed E-state index contributed by atoms with van der Waals surface area (Å²) in [5.74, 6) is 0.844. The summed E-state index contributed by atoms with van der Waals surface area (Å²) in [6.07, 6.45) is 6.67. The Kier molecular flexibility index (Phi) is 7.14. The highest BCUT2D eigenvalue weighted by Crippen LogP contribution is 2.18. The van der Waals surface area contributed by atoms with Crippen molar-refractivity contribution in [2.75, 3.05) is 19.6 Å². The molecule has 0 radical (unpaired) electrons. The molecule has 0 spiro atoms. The second-order valence-corrected chi connectivity index (χ2v) is 5.79. The fourth-order valence-electron chi connectivity index (χ4n) is 2.72. The number of piperidine rings is 1. The van der Waals surface area contributed by atoms with Gasteiger partial charge in [0.2, 0.25) is 0 Å². The van der Waals surface area contributed by atoms with Crippen LogP contribution >= 0.6 is 0 Å². The monoisotopic (exact) mass is 240 g/mol. The Morgan fingerprint density at radius 2 is 2.12 bits per heavy atom. The smallest absolute Gasteiger partial charge is 0.0220 e. The van der Waals surface area contributed by atoms with Crippen molar-refractivity contribution in [1.82, 2.24) is 10.2 Å². The van der Waals surface area contributed by atoms with E-state index in [0.717, 1.165) is 18.0 Å². The highest BCUT2D eigenvalue weighted by molar-refractivity contribution is 4.82. The third kappa shape index (κ3) is 4.97. The first-order valence-corrected chi connectivity index (χ1v) is 7.66. The molecule has 3 atom stereocenters. The van der Waals surface area contributed by atoms with Gasteiger partial charge >= 0.3 is 0 Å². The summed E-state index contributed by atoms with van der Waals surface area (Å²) in [7, 11) is 0. The molecule has 17 heavy (non-hydrogen) atoms. The van der Waals surface area contributed by atoms with Crippen LogP contribution in [-0.2, 0) is 0 Å². The molecular weight excluding hydrogens is 208 g/mol. The summed E-state index contributed by atoms with van der Waals surface area (Å²) < 4.78 is 0. The van der Waals surface area contributed by atoms with Crippen molar-refractivity contribution in [3.63, 3.8) is 0 Å². The molecule has 1 N–H and O–H groups in total. The van der Waals surface area contributed by atoms with Crippen LogP contribution in [0.4, 0.5) is 0 Å². The van der Waals surface area contributed by atoms with E-state index >= 15 is 0 Å². The summed E-state index contributed by atoms with van der Waals surface area (Å²) in [4.78, 5) is 2.70. The van der Waals surface area contributed by atoms with Gasteiger partial charge in [-0.3, -0.25) is 4.90 Å². The van der Waals surface area contributed by atoms with E-state index in [-0.39, 0.29) is 0 Å². The molecule has 1 aliphatic rings. The predicted octanol–water partition coefficient (Wildman–Crippen LogP) is 3.28. The van der Waals surface area contributed by atoms with Crippen LogP contribution in [0, 0.1) is 5.92 Å². The number of nitrogens with one attached hydrogen (secondary N) is 1. The molecule has 0 amide bonds. The van der Waals surface area contributed by atoms with Gasteiger partial charge in [0.15, 0.2) is 0 Å². The first-order valence-electron chi connectivity index (χ1n) is 7.66. The van der Waals surface area contributed by atoms with Crippen LogP contribution in [0.2, 0.25) is 0 Å². The molecule has 2 heteroatoms. The zero-order valence-electron chi connectivity index (χ0n) is 12.3. The topological polar surface area (TPSA) is 15.3 Å². The van der Waals surface area contributed by atoms with Crippen LogP contribution < -0.4 is 5.32 Å². The van der Waals surface area contributed by atoms with Crippen LogP contribution in [0.15, 0.2) is 0 Å². The quantitative estimate of drug-likeness (QED) is 0.735. The van der Waals surface area contributed by atoms with Gasteiger partial charge in [0.25, 0.3) is 0 Å². The van der Waals surface area contributed by atoms with Gasteiger partial charge in [0.05, 0.1) is 0 Å². The van der Waals surface area contributed by atoms with Gasteiger partial charge in [-0.2, -0.15) is 0 Å². The van der Waals surface area contributed by atoms with Crippen molar-refractivity contribution in [3.05, 3.63) is 0 Å².